The molecule has 2 aromatic carbocycles. The van der Waals surface area contributed by atoms with Gasteiger partial charge in [-0.15, -0.1) is 0 Å². The predicted molar refractivity (Wildman–Crippen MR) is 98.3 cm³/mol. The molecule has 0 radical (unpaired) electrons. The maximum Gasteiger partial charge on any atom is 0.181 e. The molecule has 4 heteroatoms. The highest BCUT2D eigenvalue weighted by atomic mass is 32.2. The van der Waals surface area contributed by atoms with E-state index in [4.69, 9.17) is 4.74 Å². The second-order valence-corrected chi connectivity index (χ2v) is 8.17. The quantitative estimate of drug-likeness (QED) is 0.620. The molecule has 0 aliphatic carbocycles. The topological polar surface area (TPSA) is 43.4 Å². The van der Waals surface area contributed by atoms with Crippen LogP contribution in [0.1, 0.15) is 38.7 Å². The van der Waals surface area contributed by atoms with Crippen molar-refractivity contribution in [1.29, 1.82) is 0 Å². The summed E-state index contributed by atoms with van der Waals surface area (Å²) in [6.45, 7) is 4.69. The molecule has 0 amide bonds. The highest BCUT2D eigenvalue weighted by Gasteiger charge is 2.26. The van der Waals surface area contributed by atoms with Crippen molar-refractivity contribution in [3.05, 3.63) is 60.2 Å². The molecular formula is C20H26O3S. The molecule has 0 heterocycles. The molecular weight excluding hydrogens is 320 g/mol. The van der Waals surface area contributed by atoms with E-state index in [1.807, 2.05) is 37.3 Å². The minimum atomic E-state index is -3.35. The van der Waals surface area contributed by atoms with E-state index >= 15 is 0 Å². The Morgan fingerprint density at radius 1 is 0.958 bits per heavy atom. The van der Waals surface area contributed by atoms with Crippen molar-refractivity contribution < 1.29 is 13.2 Å². The van der Waals surface area contributed by atoms with Crippen LogP contribution >= 0.6 is 0 Å². The number of rotatable bonds is 9. The third-order valence-corrected chi connectivity index (χ3v) is 6.43. The van der Waals surface area contributed by atoms with Gasteiger partial charge in [0, 0.05) is 0 Å². The van der Waals surface area contributed by atoms with Crippen LogP contribution in [0.25, 0.3) is 0 Å². The van der Waals surface area contributed by atoms with Crippen molar-refractivity contribution in [1.82, 2.24) is 0 Å². The first kappa shape index (κ1) is 18.5. The SMILES string of the molecule is CCCCOc1ccc(S(=O)(=O)C(CC)Cc2ccccc2)cc1. The summed E-state index contributed by atoms with van der Waals surface area (Å²) in [5, 5.41) is -0.410. The minimum Gasteiger partial charge on any atom is -0.494 e. The molecule has 1 atom stereocenters. The van der Waals surface area contributed by atoms with Gasteiger partial charge in [-0.2, -0.15) is 0 Å². The molecule has 0 bridgehead atoms. The third-order valence-electron chi connectivity index (χ3n) is 4.12. The number of sulfone groups is 1. The van der Waals surface area contributed by atoms with Crippen LogP contribution in [0, 0.1) is 0 Å². The van der Waals surface area contributed by atoms with Crippen molar-refractivity contribution in [2.75, 3.05) is 6.61 Å². The lowest BCUT2D eigenvalue weighted by Crippen LogP contribution is -2.23. The van der Waals surface area contributed by atoms with Crippen LogP contribution in [0.4, 0.5) is 0 Å². The van der Waals surface area contributed by atoms with Crippen LogP contribution < -0.4 is 4.74 Å². The van der Waals surface area contributed by atoms with Gasteiger partial charge < -0.3 is 4.74 Å². The first-order valence-corrected chi connectivity index (χ1v) is 10.1. The molecule has 0 saturated heterocycles. The average Bonchev–Trinajstić information content (AvgIpc) is 2.61. The molecule has 0 fully saturated rings. The van der Waals surface area contributed by atoms with Crippen LogP contribution in [0.15, 0.2) is 59.5 Å². The maximum atomic E-state index is 12.9. The molecule has 0 aliphatic rings. The average molecular weight is 346 g/mol. The van der Waals surface area contributed by atoms with Crippen LogP contribution in [0.5, 0.6) is 5.75 Å². The molecule has 2 rings (SSSR count). The zero-order chi connectivity index (χ0) is 17.4. The van der Waals surface area contributed by atoms with E-state index in [9.17, 15) is 8.42 Å². The highest BCUT2D eigenvalue weighted by Crippen LogP contribution is 2.24. The summed E-state index contributed by atoms with van der Waals surface area (Å²) in [4.78, 5) is 0.369. The summed E-state index contributed by atoms with van der Waals surface area (Å²) in [7, 11) is -3.35. The Hall–Kier alpha value is -1.81. The fraction of sp³-hybridized carbons (Fsp3) is 0.400. The van der Waals surface area contributed by atoms with Crippen LogP contribution in [-0.2, 0) is 16.3 Å². The molecule has 24 heavy (non-hydrogen) atoms. The zero-order valence-corrected chi connectivity index (χ0v) is 15.3. The van der Waals surface area contributed by atoms with Gasteiger partial charge in [0.2, 0.25) is 0 Å². The molecule has 0 aromatic heterocycles. The van der Waals surface area contributed by atoms with E-state index in [1.165, 1.54) is 0 Å². The molecule has 3 nitrogen and oxygen atoms in total. The predicted octanol–water partition coefficient (Wildman–Crippen LogP) is 4.66. The standard InChI is InChI=1S/C20H26O3S/c1-3-5-15-23-18-11-13-20(14-12-18)24(21,22)19(4-2)16-17-9-7-6-8-10-17/h6-14,19H,3-5,15-16H2,1-2H3. The summed E-state index contributed by atoms with van der Waals surface area (Å²) >= 11 is 0. The van der Waals surface area contributed by atoms with Crippen molar-refractivity contribution in [3.8, 4) is 5.75 Å². The van der Waals surface area contributed by atoms with E-state index in [0.717, 1.165) is 24.2 Å². The first-order chi connectivity index (χ1) is 11.6. The van der Waals surface area contributed by atoms with Gasteiger partial charge >= 0.3 is 0 Å². The summed E-state index contributed by atoms with van der Waals surface area (Å²) < 4.78 is 31.4. The lowest BCUT2D eigenvalue weighted by atomic mass is 10.1. The molecule has 0 N–H and O–H groups in total. The number of unbranched alkanes of at least 4 members (excludes halogenated alkanes) is 1. The molecule has 0 aliphatic heterocycles. The number of ether oxygens (including phenoxy) is 1. The Morgan fingerprint density at radius 3 is 2.21 bits per heavy atom. The van der Waals surface area contributed by atoms with Crippen LogP contribution in [0.2, 0.25) is 0 Å². The largest absolute Gasteiger partial charge is 0.494 e. The fourth-order valence-electron chi connectivity index (χ4n) is 2.60. The van der Waals surface area contributed by atoms with E-state index in [0.29, 0.717) is 24.3 Å². The number of hydrogen-bond donors (Lipinski definition) is 0. The normalized spacial score (nSPS) is 12.8. The number of hydrogen-bond acceptors (Lipinski definition) is 3. The monoisotopic (exact) mass is 346 g/mol. The molecule has 130 valence electrons. The van der Waals surface area contributed by atoms with Gasteiger partial charge in [-0.05, 0) is 49.1 Å². The highest BCUT2D eigenvalue weighted by molar-refractivity contribution is 7.92. The van der Waals surface area contributed by atoms with Crippen molar-refractivity contribution in [2.45, 2.75) is 49.7 Å². The Morgan fingerprint density at radius 2 is 1.62 bits per heavy atom. The number of benzene rings is 2. The Balaban J connectivity index is 2.12. The fourth-order valence-corrected chi connectivity index (χ4v) is 4.35. The Bertz CT molecular complexity index is 706. The molecule has 2 aromatic rings. The molecule has 1 unspecified atom stereocenters. The van der Waals surface area contributed by atoms with E-state index in [2.05, 4.69) is 6.92 Å². The molecule has 0 saturated carbocycles. The van der Waals surface area contributed by atoms with Gasteiger partial charge in [-0.1, -0.05) is 50.6 Å². The van der Waals surface area contributed by atoms with Gasteiger partial charge in [-0.25, -0.2) is 8.42 Å². The van der Waals surface area contributed by atoms with Gasteiger partial charge in [0.1, 0.15) is 5.75 Å². The van der Waals surface area contributed by atoms with Gasteiger partial charge in [0.25, 0.3) is 0 Å². The third kappa shape index (κ3) is 4.84. The second kappa shape index (κ2) is 8.88. The zero-order valence-electron chi connectivity index (χ0n) is 14.4. The van der Waals surface area contributed by atoms with Gasteiger partial charge in [0.15, 0.2) is 9.84 Å². The van der Waals surface area contributed by atoms with E-state index in [-0.39, 0.29) is 0 Å². The summed E-state index contributed by atoms with van der Waals surface area (Å²) in [5.41, 5.74) is 1.05. The Labute approximate surface area is 145 Å². The van der Waals surface area contributed by atoms with Crippen LogP contribution in [-0.4, -0.2) is 20.3 Å². The van der Waals surface area contributed by atoms with E-state index < -0.39 is 15.1 Å². The van der Waals surface area contributed by atoms with Crippen molar-refractivity contribution >= 4 is 9.84 Å². The lowest BCUT2D eigenvalue weighted by Gasteiger charge is -2.16. The molecule has 0 spiro atoms. The van der Waals surface area contributed by atoms with Crippen molar-refractivity contribution in [2.24, 2.45) is 0 Å². The van der Waals surface area contributed by atoms with E-state index in [1.54, 1.807) is 24.3 Å². The minimum absolute atomic E-state index is 0.369. The van der Waals surface area contributed by atoms with Gasteiger partial charge in [-0.3, -0.25) is 0 Å². The van der Waals surface area contributed by atoms with Gasteiger partial charge in [0.05, 0.1) is 16.8 Å². The lowest BCUT2D eigenvalue weighted by molar-refractivity contribution is 0.309. The van der Waals surface area contributed by atoms with Crippen molar-refractivity contribution in [3.63, 3.8) is 0 Å². The summed E-state index contributed by atoms with van der Waals surface area (Å²) in [5.74, 6) is 0.721. The maximum absolute atomic E-state index is 12.9. The first-order valence-electron chi connectivity index (χ1n) is 8.58. The summed E-state index contributed by atoms with van der Waals surface area (Å²) in [6, 6.07) is 16.6. The van der Waals surface area contributed by atoms with Crippen LogP contribution in [0.3, 0.4) is 0 Å². The second-order valence-electron chi connectivity index (χ2n) is 5.94. The Kier molecular flexibility index (Phi) is 6.85. The smallest absolute Gasteiger partial charge is 0.181 e. The summed E-state index contributed by atoms with van der Waals surface area (Å²) in [6.07, 6.45) is 3.19.